The molecule has 130 valence electrons. The van der Waals surface area contributed by atoms with Crippen molar-refractivity contribution >= 4 is 0 Å². The van der Waals surface area contributed by atoms with E-state index >= 15 is 0 Å². The van der Waals surface area contributed by atoms with Crippen LogP contribution in [-0.2, 0) is 16.9 Å². The molecule has 0 spiro atoms. The zero-order valence-electron chi connectivity index (χ0n) is 13.1. The van der Waals surface area contributed by atoms with Crippen LogP contribution >= 0.6 is 0 Å². The molecule has 1 N–H and O–H groups in total. The SMILES string of the molecule is O=c1[nH]cccc1C(C#CC1CC1)(OCc1ccncc1)C(F)(F)F. The molecule has 0 aromatic carbocycles. The molecule has 0 saturated heterocycles. The van der Waals surface area contributed by atoms with Crippen LogP contribution in [0, 0.1) is 17.8 Å². The van der Waals surface area contributed by atoms with Gasteiger partial charge in [-0.05, 0) is 42.7 Å². The quantitative estimate of drug-likeness (QED) is 0.864. The van der Waals surface area contributed by atoms with E-state index in [1.165, 1.54) is 24.7 Å². The second-order valence-electron chi connectivity index (χ2n) is 5.78. The molecule has 2 aromatic heterocycles. The molecule has 2 aromatic rings. The molecular weight excluding hydrogens is 333 g/mol. The zero-order chi connectivity index (χ0) is 17.9. The summed E-state index contributed by atoms with van der Waals surface area (Å²) < 4.78 is 47.3. The van der Waals surface area contributed by atoms with Crippen LogP contribution in [0.4, 0.5) is 13.2 Å². The fraction of sp³-hybridized carbons (Fsp3) is 0.333. The summed E-state index contributed by atoms with van der Waals surface area (Å²) in [6, 6.07) is 5.52. The molecule has 7 heteroatoms. The first-order chi connectivity index (χ1) is 11.9. The van der Waals surface area contributed by atoms with Crippen molar-refractivity contribution in [2.24, 2.45) is 5.92 Å². The van der Waals surface area contributed by atoms with Gasteiger partial charge in [-0.3, -0.25) is 9.78 Å². The van der Waals surface area contributed by atoms with Crippen LogP contribution in [0.5, 0.6) is 0 Å². The Bertz CT molecular complexity index is 848. The number of aromatic amines is 1. The van der Waals surface area contributed by atoms with Gasteiger partial charge in [0.05, 0.1) is 12.2 Å². The predicted octanol–water partition coefficient (Wildman–Crippen LogP) is 3.16. The topological polar surface area (TPSA) is 55.0 Å². The summed E-state index contributed by atoms with van der Waals surface area (Å²) in [5.74, 6) is 4.76. The fourth-order valence-corrected chi connectivity index (χ4v) is 2.29. The molecule has 1 unspecified atom stereocenters. The molecule has 0 radical (unpaired) electrons. The van der Waals surface area contributed by atoms with Crippen molar-refractivity contribution in [3.05, 3.63) is 64.3 Å². The van der Waals surface area contributed by atoms with Crippen molar-refractivity contribution in [3.63, 3.8) is 0 Å². The summed E-state index contributed by atoms with van der Waals surface area (Å²) in [5.41, 5.74) is -3.91. The van der Waals surface area contributed by atoms with E-state index in [1.54, 1.807) is 12.1 Å². The van der Waals surface area contributed by atoms with Gasteiger partial charge in [0.15, 0.2) is 0 Å². The number of rotatable bonds is 4. The highest BCUT2D eigenvalue weighted by molar-refractivity contribution is 5.34. The number of aromatic nitrogens is 2. The molecule has 25 heavy (non-hydrogen) atoms. The molecule has 0 bridgehead atoms. The second kappa shape index (κ2) is 6.73. The van der Waals surface area contributed by atoms with Gasteiger partial charge >= 0.3 is 6.18 Å². The first-order valence-electron chi connectivity index (χ1n) is 7.73. The molecule has 0 amide bonds. The number of nitrogens with zero attached hydrogens (tertiary/aromatic N) is 1. The van der Waals surface area contributed by atoms with Gasteiger partial charge in [-0.1, -0.05) is 11.8 Å². The van der Waals surface area contributed by atoms with Crippen LogP contribution in [0.25, 0.3) is 0 Å². The lowest BCUT2D eigenvalue weighted by atomic mass is 9.94. The number of H-pyrrole nitrogens is 1. The number of nitrogens with one attached hydrogen (secondary N) is 1. The molecule has 3 rings (SSSR count). The van der Waals surface area contributed by atoms with Gasteiger partial charge < -0.3 is 9.72 Å². The smallest absolute Gasteiger partial charge is 0.345 e. The van der Waals surface area contributed by atoms with Gasteiger partial charge in [0.1, 0.15) is 0 Å². The Morgan fingerprint density at radius 3 is 2.56 bits per heavy atom. The average Bonchev–Trinajstić information content (AvgIpc) is 3.40. The predicted molar refractivity (Wildman–Crippen MR) is 84.3 cm³/mol. The van der Waals surface area contributed by atoms with E-state index in [4.69, 9.17) is 4.74 Å². The van der Waals surface area contributed by atoms with Crippen molar-refractivity contribution in [1.82, 2.24) is 9.97 Å². The fourth-order valence-electron chi connectivity index (χ4n) is 2.29. The largest absolute Gasteiger partial charge is 0.433 e. The number of pyridine rings is 2. The lowest BCUT2D eigenvalue weighted by Crippen LogP contribution is -2.47. The van der Waals surface area contributed by atoms with Crippen molar-refractivity contribution in [2.45, 2.75) is 31.2 Å². The molecule has 4 nitrogen and oxygen atoms in total. The van der Waals surface area contributed by atoms with Crippen LogP contribution < -0.4 is 5.56 Å². The molecule has 1 fully saturated rings. The minimum atomic E-state index is -4.88. The van der Waals surface area contributed by atoms with Crippen molar-refractivity contribution < 1.29 is 17.9 Å². The van der Waals surface area contributed by atoms with E-state index < -0.39 is 22.9 Å². The van der Waals surface area contributed by atoms with Crippen LogP contribution in [0.3, 0.4) is 0 Å². The molecule has 1 aliphatic rings. The Morgan fingerprint density at radius 1 is 1.24 bits per heavy atom. The standard InChI is InChI=1S/C18H15F3N2O2/c19-18(20,21)17(8-5-13-3-4-13,15-2-1-9-23-16(15)24)25-12-14-6-10-22-11-7-14/h1-2,6-7,9-11,13H,3-4,12H2,(H,23,24). The van der Waals surface area contributed by atoms with Crippen LogP contribution in [0.2, 0.25) is 0 Å². The molecule has 1 saturated carbocycles. The maximum Gasteiger partial charge on any atom is 0.433 e. The van der Waals surface area contributed by atoms with Gasteiger partial charge in [0.25, 0.3) is 11.2 Å². The number of halogens is 3. The van der Waals surface area contributed by atoms with Crippen LogP contribution in [-0.4, -0.2) is 16.1 Å². The maximum atomic E-state index is 14.0. The monoisotopic (exact) mass is 348 g/mol. The van der Waals surface area contributed by atoms with Crippen molar-refractivity contribution in [3.8, 4) is 11.8 Å². The van der Waals surface area contributed by atoms with Gasteiger partial charge in [-0.25, -0.2) is 0 Å². The second-order valence-corrected chi connectivity index (χ2v) is 5.78. The Balaban J connectivity index is 2.06. The average molecular weight is 348 g/mol. The maximum absolute atomic E-state index is 14.0. The van der Waals surface area contributed by atoms with Crippen LogP contribution in [0.1, 0.15) is 24.0 Å². The first kappa shape index (κ1) is 17.2. The number of hydrogen-bond acceptors (Lipinski definition) is 3. The van der Waals surface area contributed by atoms with Crippen molar-refractivity contribution in [2.75, 3.05) is 0 Å². The van der Waals surface area contributed by atoms with Gasteiger partial charge in [-0.2, -0.15) is 13.2 Å². The molecule has 1 atom stereocenters. The highest BCUT2D eigenvalue weighted by Gasteiger charge is 2.58. The highest BCUT2D eigenvalue weighted by Crippen LogP contribution is 2.42. The summed E-state index contributed by atoms with van der Waals surface area (Å²) in [6.07, 6.45) is 0.825. The Labute approximate surface area is 142 Å². The number of hydrogen-bond donors (Lipinski definition) is 1. The number of alkyl halides is 3. The zero-order valence-corrected chi connectivity index (χ0v) is 13.1. The first-order valence-corrected chi connectivity index (χ1v) is 7.73. The third kappa shape index (κ3) is 3.74. The summed E-state index contributed by atoms with van der Waals surface area (Å²) in [6.45, 7) is -0.351. The van der Waals surface area contributed by atoms with Gasteiger partial charge in [-0.15, -0.1) is 0 Å². The minimum Gasteiger partial charge on any atom is -0.345 e. The van der Waals surface area contributed by atoms with Crippen molar-refractivity contribution in [1.29, 1.82) is 0 Å². The minimum absolute atomic E-state index is 0.0750. The van der Waals surface area contributed by atoms with E-state index in [-0.39, 0.29) is 12.5 Å². The van der Waals surface area contributed by atoms with Crippen LogP contribution in [0.15, 0.2) is 47.7 Å². The molecule has 0 aliphatic heterocycles. The molecule has 1 aliphatic carbocycles. The van der Waals surface area contributed by atoms with E-state index in [2.05, 4.69) is 21.8 Å². The third-order valence-corrected chi connectivity index (χ3v) is 3.83. The third-order valence-electron chi connectivity index (χ3n) is 3.83. The Hall–Kier alpha value is -2.59. The summed E-state index contributed by atoms with van der Waals surface area (Å²) in [4.78, 5) is 18.2. The summed E-state index contributed by atoms with van der Waals surface area (Å²) >= 11 is 0. The van der Waals surface area contributed by atoms with Gasteiger partial charge in [0.2, 0.25) is 0 Å². The van der Waals surface area contributed by atoms with E-state index in [9.17, 15) is 18.0 Å². The number of ether oxygens (including phenoxy) is 1. The van der Waals surface area contributed by atoms with E-state index in [0.29, 0.717) is 5.56 Å². The molecular formula is C18H15F3N2O2. The van der Waals surface area contributed by atoms with E-state index in [0.717, 1.165) is 18.9 Å². The summed E-state index contributed by atoms with van der Waals surface area (Å²) in [7, 11) is 0. The molecule has 2 heterocycles. The van der Waals surface area contributed by atoms with Gasteiger partial charge in [0, 0.05) is 24.5 Å². The Morgan fingerprint density at radius 2 is 1.96 bits per heavy atom. The Kier molecular flexibility index (Phi) is 4.64. The highest BCUT2D eigenvalue weighted by atomic mass is 19.4. The van der Waals surface area contributed by atoms with E-state index in [1.807, 2.05) is 0 Å². The normalized spacial score (nSPS) is 16.6. The lowest BCUT2D eigenvalue weighted by Gasteiger charge is -2.30. The summed E-state index contributed by atoms with van der Waals surface area (Å²) in [5, 5.41) is 0. The lowest BCUT2D eigenvalue weighted by molar-refractivity contribution is -0.263.